The predicted molar refractivity (Wildman–Crippen MR) is 96.7 cm³/mol. The van der Waals surface area contributed by atoms with Gasteiger partial charge in [0.1, 0.15) is 5.75 Å². The van der Waals surface area contributed by atoms with Crippen LogP contribution in [0.1, 0.15) is 41.6 Å². The molecule has 0 saturated carbocycles. The fourth-order valence-corrected chi connectivity index (χ4v) is 4.57. The lowest BCUT2D eigenvalue weighted by Crippen LogP contribution is -2.41. The van der Waals surface area contributed by atoms with Crippen LogP contribution in [0.3, 0.4) is 0 Å². The third kappa shape index (κ3) is 3.43. The Morgan fingerprint density at radius 2 is 1.93 bits per heavy atom. The SMILES string of the molecule is COc1ccc(CN2CCC3(CCc4cccnc43)CC2)cc1C(F)(F)F. The second kappa shape index (κ2) is 6.82. The Labute approximate surface area is 157 Å². The molecular weight excluding hydrogens is 353 g/mol. The summed E-state index contributed by atoms with van der Waals surface area (Å²) >= 11 is 0. The van der Waals surface area contributed by atoms with Gasteiger partial charge in [0.15, 0.2) is 0 Å². The number of hydrogen-bond acceptors (Lipinski definition) is 3. The van der Waals surface area contributed by atoms with Crippen LogP contribution in [-0.2, 0) is 24.6 Å². The van der Waals surface area contributed by atoms with Gasteiger partial charge in [-0.2, -0.15) is 13.2 Å². The van der Waals surface area contributed by atoms with Crippen LogP contribution in [0.15, 0.2) is 36.5 Å². The van der Waals surface area contributed by atoms with Crippen molar-refractivity contribution in [2.24, 2.45) is 0 Å². The lowest BCUT2D eigenvalue weighted by molar-refractivity contribution is -0.138. The normalized spacial score (nSPS) is 19.3. The molecule has 27 heavy (non-hydrogen) atoms. The lowest BCUT2D eigenvalue weighted by atomic mass is 9.76. The molecule has 1 aliphatic heterocycles. The van der Waals surface area contributed by atoms with Gasteiger partial charge in [-0.25, -0.2) is 0 Å². The highest BCUT2D eigenvalue weighted by Gasteiger charge is 2.42. The topological polar surface area (TPSA) is 25.4 Å². The summed E-state index contributed by atoms with van der Waals surface area (Å²) in [6.07, 6.45) is 1.70. The summed E-state index contributed by atoms with van der Waals surface area (Å²) in [7, 11) is 1.27. The summed E-state index contributed by atoms with van der Waals surface area (Å²) in [5, 5.41) is 0. The van der Waals surface area contributed by atoms with Crippen LogP contribution in [-0.4, -0.2) is 30.1 Å². The molecule has 1 aromatic heterocycles. The zero-order valence-corrected chi connectivity index (χ0v) is 15.4. The number of benzene rings is 1. The van der Waals surface area contributed by atoms with E-state index < -0.39 is 11.7 Å². The Morgan fingerprint density at radius 3 is 2.63 bits per heavy atom. The zero-order valence-electron chi connectivity index (χ0n) is 15.4. The van der Waals surface area contributed by atoms with E-state index in [2.05, 4.69) is 16.0 Å². The van der Waals surface area contributed by atoms with Gasteiger partial charge in [-0.3, -0.25) is 9.88 Å². The molecule has 0 unspecified atom stereocenters. The molecule has 4 rings (SSSR count). The highest BCUT2D eigenvalue weighted by Crippen LogP contribution is 2.45. The average molecular weight is 376 g/mol. The first-order valence-corrected chi connectivity index (χ1v) is 9.32. The van der Waals surface area contributed by atoms with Gasteiger partial charge < -0.3 is 4.74 Å². The summed E-state index contributed by atoms with van der Waals surface area (Å²) in [6, 6.07) is 8.52. The van der Waals surface area contributed by atoms with Crippen molar-refractivity contribution in [3.8, 4) is 5.75 Å². The molecule has 1 spiro atoms. The molecular formula is C21H23F3N2O. The molecule has 0 amide bonds. The van der Waals surface area contributed by atoms with Crippen LogP contribution < -0.4 is 4.74 Å². The largest absolute Gasteiger partial charge is 0.496 e. The molecule has 1 aliphatic carbocycles. The molecule has 0 bridgehead atoms. The van der Waals surface area contributed by atoms with E-state index in [0.717, 1.165) is 38.8 Å². The van der Waals surface area contributed by atoms with Crippen LogP contribution in [0.2, 0.25) is 0 Å². The van der Waals surface area contributed by atoms with Gasteiger partial charge in [-0.05, 0) is 68.1 Å². The van der Waals surface area contributed by atoms with Crippen molar-refractivity contribution in [2.75, 3.05) is 20.2 Å². The highest BCUT2D eigenvalue weighted by atomic mass is 19.4. The van der Waals surface area contributed by atoms with Gasteiger partial charge in [0.2, 0.25) is 0 Å². The minimum atomic E-state index is -4.41. The number of rotatable bonds is 3. The molecule has 0 radical (unpaired) electrons. The number of likely N-dealkylation sites (tertiary alicyclic amines) is 1. The number of alkyl halides is 3. The smallest absolute Gasteiger partial charge is 0.419 e. The van der Waals surface area contributed by atoms with Gasteiger partial charge >= 0.3 is 6.18 Å². The van der Waals surface area contributed by atoms with Crippen LogP contribution in [0.5, 0.6) is 5.75 Å². The van der Waals surface area contributed by atoms with Crippen LogP contribution >= 0.6 is 0 Å². The molecule has 2 heterocycles. The first-order chi connectivity index (χ1) is 12.9. The Bertz CT molecular complexity index is 826. The van der Waals surface area contributed by atoms with E-state index in [1.807, 2.05) is 12.3 Å². The van der Waals surface area contributed by atoms with Gasteiger partial charge in [0.25, 0.3) is 0 Å². The third-order valence-corrected chi connectivity index (χ3v) is 6.06. The summed E-state index contributed by atoms with van der Waals surface area (Å²) in [5.74, 6) is -0.127. The number of fused-ring (bicyclic) bond motifs is 2. The number of pyridine rings is 1. The second-order valence-corrected chi connectivity index (χ2v) is 7.60. The van der Waals surface area contributed by atoms with Crippen molar-refractivity contribution in [3.63, 3.8) is 0 Å². The maximum absolute atomic E-state index is 13.2. The van der Waals surface area contributed by atoms with Crippen molar-refractivity contribution in [1.82, 2.24) is 9.88 Å². The second-order valence-electron chi connectivity index (χ2n) is 7.60. The number of nitrogens with zero attached hydrogens (tertiary/aromatic N) is 2. The molecule has 144 valence electrons. The first kappa shape index (κ1) is 18.3. The van der Waals surface area contributed by atoms with Crippen molar-refractivity contribution < 1.29 is 17.9 Å². The van der Waals surface area contributed by atoms with Crippen LogP contribution in [0, 0.1) is 0 Å². The number of methoxy groups -OCH3 is 1. The Kier molecular flexibility index (Phi) is 4.62. The monoisotopic (exact) mass is 376 g/mol. The minimum absolute atomic E-state index is 0.127. The average Bonchev–Trinajstić information content (AvgIpc) is 3.02. The van der Waals surface area contributed by atoms with E-state index in [9.17, 15) is 13.2 Å². The van der Waals surface area contributed by atoms with Gasteiger partial charge in [0.05, 0.1) is 12.7 Å². The fraction of sp³-hybridized carbons (Fsp3) is 0.476. The number of halogens is 3. The van der Waals surface area contributed by atoms with E-state index in [4.69, 9.17) is 4.74 Å². The molecule has 1 fully saturated rings. The summed E-state index contributed by atoms with van der Waals surface area (Å²) in [5.41, 5.74) is 2.72. The number of piperidine rings is 1. The van der Waals surface area contributed by atoms with Crippen molar-refractivity contribution >= 4 is 0 Å². The molecule has 3 nitrogen and oxygen atoms in total. The summed E-state index contributed by atoms with van der Waals surface area (Å²) < 4.78 is 44.6. The van der Waals surface area contributed by atoms with E-state index in [1.165, 1.54) is 30.5 Å². The summed E-state index contributed by atoms with van der Waals surface area (Å²) in [6.45, 7) is 2.28. The van der Waals surface area contributed by atoms with E-state index in [1.54, 1.807) is 6.07 Å². The molecule has 6 heteroatoms. The Hall–Kier alpha value is -2.08. The van der Waals surface area contributed by atoms with E-state index in [-0.39, 0.29) is 11.2 Å². The number of aryl methyl sites for hydroxylation is 1. The minimum Gasteiger partial charge on any atom is -0.496 e. The van der Waals surface area contributed by atoms with E-state index >= 15 is 0 Å². The lowest BCUT2D eigenvalue weighted by Gasteiger charge is -2.39. The molecule has 0 atom stereocenters. The van der Waals surface area contributed by atoms with Gasteiger partial charge in [0, 0.05) is 23.9 Å². The standard InChI is InChI=1S/C21H23F3N2O/c1-27-18-5-4-15(13-17(18)21(22,23)24)14-26-11-8-20(9-12-26)7-6-16-3-2-10-25-19(16)20/h2-5,10,13H,6-9,11-12,14H2,1H3. The summed E-state index contributed by atoms with van der Waals surface area (Å²) in [4.78, 5) is 6.89. The van der Waals surface area contributed by atoms with Gasteiger partial charge in [-0.15, -0.1) is 0 Å². The maximum Gasteiger partial charge on any atom is 0.419 e. The number of aromatic nitrogens is 1. The molecule has 2 aromatic rings. The number of hydrogen-bond donors (Lipinski definition) is 0. The maximum atomic E-state index is 13.2. The third-order valence-electron chi connectivity index (χ3n) is 6.06. The molecule has 2 aliphatic rings. The molecule has 1 saturated heterocycles. The molecule has 1 aromatic carbocycles. The quantitative estimate of drug-likeness (QED) is 0.784. The Morgan fingerprint density at radius 1 is 1.15 bits per heavy atom. The van der Waals surface area contributed by atoms with Crippen molar-refractivity contribution in [3.05, 3.63) is 58.9 Å². The Balaban J connectivity index is 1.46. The zero-order chi connectivity index (χ0) is 19.1. The van der Waals surface area contributed by atoms with Gasteiger partial charge in [-0.1, -0.05) is 12.1 Å². The van der Waals surface area contributed by atoms with E-state index in [0.29, 0.717) is 12.1 Å². The van der Waals surface area contributed by atoms with Crippen molar-refractivity contribution in [1.29, 1.82) is 0 Å². The molecule has 0 N–H and O–H groups in total. The highest BCUT2D eigenvalue weighted by molar-refractivity contribution is 5.39. The van der Waals surface area contributed by atoms with Crippen molar-refractivity contribution in [2.45, 2.75) is 43.8 Å². The predicted octanol–water partition coefficient (Wildman–Crippen LogP) is 4.59. The first-order valence-electron chi connectivity index (χ1n) is 9.32. The number of ether oxygens (including phenoxy) is 1. The van der Waals surface area contributed by atoms with Crippen LogP contribution in [0.4, 0.5) is 13.2 Å². The van der Waals surface area contributed by atoms with Crippen LogP contribution in [0.25, 0.3) is 0 Å². The fourth-order valence-electron chi connectivity index (χ4n) is 4.57.